The first-order chi connectivity index (χ1) is 22.8. The Kier molecular flexibility index (Phi) is 10.5. The maximum absolute atomic E-state index is 14.3. The molecule has 5 heterocycles. The van der Waals surface area contributed by atoms with Gasteiger partial charge in [0.2, 0.25) is 0 Å². The number of benzene rings is 1. The fourth-order valence-electron chi connectivity index (χ4n) is 6.63. The van der Waals surface area contributed by atoms with Crippen LogP contribution in [-0.4, -0.2) is 101 Å². The topological polar surface area (TPSA) is 105 Å². The lowest BCUT2D eigenvalue weighted by molar-refractivity contribution is -0.0139. The standard InChI is InChI=1S/C35H46FN7O4/c1-5-43(23(2)3)35(44)28-16-25(36)6-7-31(28)47-33-18-37-22-40-34(33)42-14-9-26(10-15-42)46-32-8-12-38-30-11-13-41(20-29(30)32)19-27-17-39-24(4)21-45-27/h6-8,12,16,18,22-24,26-27,39H,5,9-11,13-15,17,19-21H2,1-4H3/t24-,27+/m1/s1. The summed E-state index contributed by atoms with van der Waals surface area (Å²) in [6.45, 7) is 14.1. The van der Waals surface area contributed by atoms with Crippen molar-refractivity contribution in [1.82, 2.24) is 30.1 Å². The average Bonchev–Trinajstić information content (AvgIpc) is 3.07. The fraction of sp³-hybridized carbons (Fsp3) is 0.543. The van der Waals surface area contributed by atoms with E-state index in [1.807, 2.05) is 33.0 Å². The quantitative estimate of drug-likeness (QED) is 0.339. The first-order valence-electron chi connectivity index (χ1n) is 16.8. The number of morpholine rings is 1. The van der Waals surface area contributed by atoms with E-state index < -0.39 is 5.82 Å². The smallest absolute Gasteiger partial charge is 0.257 e. The molecule has 2 saturated heterocycles. The van der Waals surface area contributed by atoms with Crippen molar-refractivity contribution < 1.29 is 23.4 Å². The number of carbonyl (C=O) groups excluding carboxylic acids is 1. The minimum absolute atomic E-state index is 0.0444. The van der Waals surface area contributed by atoms with E-state index in [-0.39, 0.29) is 35.5 Å². The van der Waals surface area contributed by atoms with Gasteiger partial charge in [0.25, 0.3) is 5.91 Å². The molecule has 3 aliphatic rings. The number of fused-ring (bicyclic) bond motifs is 1. The van der Waals surface area contributed by atoms with Gasteiger partial charge in [-0.25, -0.2) is 14.4 Å². The molecule has 3 aromatic rings. The van der Waals surface area contributed by atoms with Crippen LogP contribution in [0, 0.1) is 5.82 Å². The number of nitrogens with zero attached hydrogens (tertiary/aromatic N) is 6. The van der Waals surface area contributed by atoms with Gasteiger partial charge in [-0.15, -0.1) is 0 Å². The van der Waals surface area contributed by atoms with Gasteiger partial charge in [-0.1, -0.05) is 0 Å². The van der Waals surface area contributed by atoms with Crippen LogP contribution in [0.1, 0.15) is 62.2 Å². The molecule has 1 amide bonds. The first-order valence-corrected chi connectivity index (χ1v) is 16.8. The molecule has 252 valence electrons. The Labute approximate surface area is 276 Å². The monoisotopic (exact) mass is 647 g/mol. The molecule has 11 nitrogen and oxygen atoms in total. The number of aromatic nitrogens is 3. The van der Waals surface area contributed by atoms with Crippen LogP contribution in [0.4, 0.5) is 10.2 Å². The highest BCUT2D eigenvalue weighted by molar-refractivity contribution is 5.97. The van der Waals surface area contributed by atoms with E-state index in [0.29, 0.717) is 37.2 Å². The van der Waals surface area contributed by atoms with Crippen molar-refractivity contribution in [3.63, 3.8) is 0 Å². The Morgan fingerprint density at radius 1 is 1.15 bits per heavy atom. The lowest BCUT2D eigenvalue weighted by atomic mass is 10.0. The van der Waals surface area contributed by atoms with Crippen molar-refractivity contribution >= 4 is 11.7 Å². The van der Waals surface area contributed by atoms with E-state index in [9.17, 15) is 9.18 Å². The Balaban J connectivity index is 1.10. The lowest BCUT2D eigenvalue weighted by Gasteiger charge is -2.36. The molecule has 2 fully saturated rings. The molecule has 0 aliphatic carbocycles. The van der Waals surface area contributed by atoms with Gasteiger partial charge in [-0.2, -0.15) is 0 Å². The summed E-state index contributed by atoms with van der Waals surface area (Å²) in [5.74, 6) is 1.43. The number of rotatable bonds is 10. The Morgan fingerprint density at radius 2 is 1.98 bits per heavy atom. The molecular formula is C35H46FN7O4. The van der Waals surface area contributed by atoms with Crippen LogP contribution in [0.25, 0.3) is 0 Å². The minimum Gasteiger partial charge on any atom is -0.490 e. The van der Waals surface area contributed by atoms with Crippen LogP contribution < -0.4 is 19.7 Å². The number of nitrogens with one attached hydrogen (secondary N) is 1. The van der Waals surface area contributed by atoms with Gasteiger partial charge >= 0.3 is 0 Å². The van der Waals surface area contributed by atoms with Crippen molar-refractivity contribution in [2.75, 3.05) is 50.8 Å². The second-order valence-corrected chi connectivity index (χ2v) is 12.9. The molecule has 0 spiro atoms. The van der Waals surface area contributed by atoms with Crippen molar-refractivity contribution in [3.05, 3.63) is 65.6 Å². The maximum Gasteiger partial charge on any atom is 0.257 e. The Bertz CT molecular complexity index is 1530. The van der Waals surface area contributed by atoms with E-state index in [2.05, 4.69) is 37.0 Å². The largest absolute Gasteiger partial charge is 0.490 e. The average molecular weight is 648 g/mol. The number of ether oxygens (including phenoxy) is 3. The number of hydrogen-bond donors (Lipinski definition) is 1. The predicted molar refractivity (Wildman–Crippen MR) is 177 cm³/mol. The first kappa shape index (κ1) is 33.0. The van der Waals surface area contributed by atoms with E-state index in [0.717, 1.165) is 63.5 Å². The number of pyridine rings is 1. The highest BCUT2D eigenvalue weighted by atomic mass is 19.1. The molecule has 0 bridgehead atoms. The Hall–Kier alpha value is -3.87. The second-order valence-electron chi connectivity index (χ2n) is 12.9. The summed E-state index contributed by atoms with van der Waals surface area (Å²) in [7, 11) is 0. The number of amides is 1. The van der Waals surface area contributed by atoms with Crippen molar-refractivity contribution in [2.24, 2.45) is 0 Å². The highest BCUT2D eigenvalue weighted by Crippen LogP contribution is 2.35. The maximum atomic E-state index is 14.3. The summed E-state index contributed by atoms with van der Waals surface area (Å²) >= 11 is 0. The van der Waals surface area contributed by atoms with E-state index in [1.54, 1.807) is 11.1 Å². The van der Waals surface area contributed by atoms with E-state index in [4.69, 9.17) is 14.2 Å². The molecule has 1 aromatic carbocycles. The minimum atomic E-state index is -0.500. The zero-order valence-corrected chi connectivity index (χ0v) is 27.8. The molecule has 3 aliphatic heterocycles. The molecule has 0 radical (unpaired) electrons. The molecule has 47 heavy (non-hydrogen) atoms. The summed E-state index contributed by atoms with van der Waals surface area (Å²) in [6, 6.07) is 6.36. The molecule has 0 saturated carbocycles. The third kappa shape index (κ3) is 7.82. The van der Waals surface area contributed by atoms with E-state index >= 15 is 0 Å². The fourth-order valence-corrected chi connectivity index (χ4v) is 6.63. The summed E-state index contributed by atoms with van der Waals surface area (Å²) in [5.41, 5.74) is 2.46. The van der Waals surface area contributed by atoms with Gasteiger partial charge in [0, 0.05) is 94.6 Å². The van der Waals surface area contributed by atoms with Crippen LogP contribution in [0.5, 0.6) is 17.2 Å². The molecule has 0 unspecified atom stereocenters. The van der Waals surface area contributed by atoms with Crippen LogP contribution in [0.2, 0.25) is 0 Å². The van der Waals surface area contributed by atoms with Crippen molar-refractivity contribution in [1.29, 1.82) is 0 Å². The highest BCUT2D eigenvalue weighted by Gasteiger charge is 2.29. The predicted octanol–water partition coefficient (Wildman–Crippen LogP) is 4.46. The number of carbonyl (C=O) groups is 1. The third-order valence-electron chi connectivity index (χ3n) is 9.20. The molecule has 2 aromatic heterocycles. The summed E-state index contributed by atoms with van der Waals surface area (Å²) < 4.78 is 33.3. The number of anilines is 1. The molecular weight excluding hydrogens is 601 g/mol. The third-order valence-corrected chi connectivity index (χ3v) is 9.20. The molecule has 6 rings (SSSR count). The second kappa shape index (κ2) is 14.9. The van der Waals surface area contributed by atoms with Gasteiger partial charge in [0.05, 0.1) is 24.5 Å². The van der Waals surface area contributed by atoms with Crippen LogP contribution in [0.3, 0.4) is 0 Å². The van der Waals surface area contributed by atoms with Gasteiger partial charge in [0.1, 0.15) is 29.7 Å². The summed E-state index contributed by atoms with van der Waals surface area (Å²) in [6.07, 6.45) is 7.66. The van der Waals surface area contributed by atoms with Gasteiger partial charge in [-0.05, 0) is 52.0 Å². The number of halogens is 1. The number of hydrogen-bond acceptors (Lipinski definition) is 10. The van der Waals surface area contributed by atoms with Gasteiger partial charge in [0.15, 0.2) is 11.6 Å². The molecule has 2 atom stereocenters. The number of piperidine rings is 1. The lowest BCUT2D eigenvalue weighted by Crippen LogP contribution is -2.50. The van der Waals surface area contributed by atoms with Crippen molar-refractivity contribution in [2.45, 2.75) is 77.8 Å². The zero-order valence-electron chi connectivity index (χ0n) is 27.8. The van der Waals surface area contributed by atoms with Gasteiger partial charge in [-0.3, -0.25) is 14.7 Å². The van der Waals surface area contributed by atoms with Crippen LogP contribution in [0.15, 0.2) is 43.0 Å². The summed E-state index contributed by atoms with van der Waals surface area (Å²) in [5, 5.41) is 3.52. The van der Waals surface area contributed by atoms with Crippen LogP contribution >= 0.6 is 0 Å². The van der Waals surface area contributed by atoms with E-state index in [1.165, 1.54) is 30.1 Å². The molecule has 1 N–H and O–H groups in total. The molecule has 12 heteroatoms. The van der Waals surface area contributed by atoms with Crippen molar-refractivity contribution in [3.8, 4) is 17.2 Å². The van der Waals surface area contributed by atoms with Gasteiger partial charge < -0.3 is 29.3 Å². The van der Waals surface area contributed by atoms with Crippen LogP contribution in [-0.2, 0) is 17.7 Å². The summed E-state index contributed by atoms with van der Waals surface area (Å²) in [4.78, 5) is 33.1. The Morgan fingerprint density at radius 3 is 2.72 bits per heavy atom. The SMILES string of the molecule is CCN(C(=O)c1cc(F)ccc1Oc1cncnc1N1CCC(Oc2ccnc3c2CN(C[C@@H]2CN[C@H](C)CO2)CC3)CC1)C(C)C. The normalized spacial score (nSPS) is 20.6. The zero-order chi connectivity index (χ0) is 32.9.